The molecule has 0 saturated heterocycles. The van der Waals surface area contributed by atoms with Crippen LogP contribution in [0.1, 0.15) is 17.5 Å². The van der Waals surface area contributed by atoms with Crippen LogP contribution < -0.4 is 9.47 Å². The number of carbonyl (C=O) groups excluding carboxylic acids is 1. The molecule has 0 atom stereocenters. The van der Waals surface area contributed by atoms with Crippen molar-refractivity contribution in [3.05, 3.63) is 78.4 Å². The Hall–Kier alpha value is -3.28. The number of nitrogens with zero attached hydrogens (tertiary/aromatic N) is 3. The zero-order chi connectivity index (χ0) is 20.5. The molecule has 3 aromatic rings. The van der Waals surface area contributed by atoms with Crippen LogP contribution in [0.4, 0.5) is 0 Å². The standard InChI is InChI=1S/C23H27N3O3/c1-28-21-10-9-20(15-22(21)29-2)17-26(13-6-12-25-14-11-24-18-25)23(27)16-19-7-4-3-5-8-19/h3-5,7-11,14-15,18H,6,12-13,16-17H2,1-2H3. The maximum atomic E-state index is 13.0. The molecule has 2 aromatic carbocycles. The molecule has 0 bridgehead atoms. The third-order valence-electron chi connectivity index (χ3n) is 4.78. The summed E-state index contributed by atoms with van der Waals surface area (Å²) >= 11 is 0. The minimum atomic E-state index is 0.108. The van der Waals surface area contributed by atoms with Crippen molar-refractivity contribution >= 4 is 5.91 Å². The molecule has 152 valence electrons. The molecule has 1 aromatic heterocycles. The van der Waals surface area contributed by atoms with Crippen LogP contribution in [0.25, 0.3) is 0 Å². The Balaban J connectivity index is 1.71. The van der Waals surface area contributed by atoms with E-state index in [4.69, 9.17) is 9.47 Å². The van der Waals surface area contributed by atoms with Crippen molar-refractivity contribution in [1.82, 2.24) is 14.5 Å². The molecule has 6 nitrogen and oxygen atoms in total. The number of carbonyl (C=O) groups is 1. The third-order valence-corrected chi connectivity index (χ3v) is 4.78. The number of benzene rings is 2. The molecule has 0 aliphatic carbocycles. The Labute approximate surface area is 171 Å². The molecule has 0 aliphatic heterocycles. The lowest BCUT2D eigenvalue weighted by molar-refractivity contribution is -0.131. The monoisotopic (exact) mass is 393 g/mol. The van der Waals surface area contributed by atoms with Gasteiger partial charge in [0.25, 0.3) is 0 Å². The van der Waals surface area contributed by atoms with Crippen molar-refractivity contribution in [2.75, 3.05) is 20.8 Å². The average Bonchev–Trinajstić information content (AvgIpc) is 3.27. The number of hydrogen-bond donors (Lipinski definition) is 0. The van der Waals surface area contributed by atoms with E-state index in [2.05, 4.69) is 4.98 Å². The summed E-state index contributed by atoms with van der Waals surface area (Å²) in [4.78, 5) is 19.0. The number of hydrogen-bond acceptors (Lipinski definition) is 4. The second-order valence-electron chi connectivity index (χ2n) is 6.82. The van der Waals surface area contributed by atoms with Gasteiger partial charge in [-0.2, -0.15) is 0 Å². The quantitative estimate of drug-likeness (QED) is 0.528. The summed E-state index contributed by atoms with van der Waals surface area (Å²) in [5.41, 5.74) is 2.02. The Bertz CT molecular complexity index is 895. The predicted octanol–water partition coefficient (Wildman–Crippen LogP) is 3.56. The predicted molar refractivity (Wildman–Crippen MR) is 112 cm³/mol. The first kappa shape index (κ1) is 20.5. The van der Waals surface area contributed by atoms with Crippen molar-refractivity contribution in [3.8, 4) is 11.5 Å². The van der Waals surface area contributed by atoms with Gasteiger partial charge in [-0.3, -0.25) is 4.79 Å². The summed E-state index contributed by atoms with van der Waals surface area (Å²) in [7, 11) is 3.23. The number of amides is 1. The van der Waals surface area contributed by atoms with Crippen molar-refractivity contribution < 1.29 is 14.3 Å². The summed E-state index contributed by atoms with van der Waals surface area (Å²) < 4.78 is 12.7. The fourth-order valence-corrected chi connectivity index (χ4v) is 3.24. The number of aryl methyl sites for hydroxylation is 1. The first-order chi connectivity index (χ1) is 14.2. The average molecular weight is 393 g/mol. The van der Waals surface area contributed by atoms with Crippen LogP contribution in [0.5, 0.6) is 11.5 Å². The van der Waals surface area contributed by atoms with Crippen LogP contribution >= 0.6 is 0 Å². The zero-order valence-corrected chi connectivity index (χ0v) is 17.0. The normalized spacial score (nSPS) is 10.6. The zero-order valence-electron chi connectivity index (χ0n) is 17.0. The molecular weight excluding hydrogens is 366 g/mol. The highest BCUT2D eigenvalue weighted by atomic mass is 16.5. The van der Waals surface area contributed by atoms with Gasteiger partial charge < -0.3 is 18.9 Å². The van der Waals surface area contributed by atoms with E-state index in [1.807, 2.05) is 64.2 Å². The van der Waals surface area contributed by atoms with Crippen LogP contribution in [0, 0.1) is 0 Å². The highest BCUT2D eigenvalue weighted by Crippen LogP contribution is 2.28. The van der Waals surface area contributed by atoms with E-state index in [0.29, 0.717) is 31.0 Å². The summed E-state index contributed by atoms with van der Waals surface area (Å²) in [6.45, 7) is 2.01. The molecule has 0 fully saturated rings. The van der Waals surface area contributed by atoms with Crippen LogP contribution in [-0.2, 0) is 24.3 Å². The maximum Gasteiger partial charge on any atom is 0.227 e. The summed E-state index contributed by atoms with van der Waals surface area (Å²) in [5, 5.41) is 0. The van der Waals surface area contributed by atoms with Gasteiger partial charge in [-0.25, -0.2) is 4.98 Å². The minimum Gasteiger partial charge on any atom is -0.493 e. The van der Waals surface area contributed by atoms with E-state index < -0.39 is 0 Å². The van der Waals surface area contributed by atoms with Gasteiger partial charge in [0.2, 0.25) is 5.91 Å². The van der Waals surface area contributed by atoms with Gasteiger partial charge in [0.05, 0.1) is 27.0 Å². The van der Waals surface area contributed by atoms with Crippen molar-refractivity contribution in [2.24, 2.45) is 0 Å². The fourth-order valence-electron chi connectivity index (χ4n) is 3.24. The molecule has 1 amide bonds. The number of aromatic nitrogens is 2. The topological polar surface area (TPSA) is 56.6 Å². The molecule has 0 unspecified atom stereocenters. The Morgan fingerprint density at radius 2 is 1.83 bits per heavy atom. The first-order valence-corrected chi connectivity index (χ1v) is 9.68. The van der Waals surface area contributed by atoms with Gasteiger partial charge in [0.15, 0.2) is 11.5 Å². The molecule has 0 radical (unpaired) electrons. The molecule has 0 spiro atoms. The van der Waals surface area contributed by atoms with Crippen molar-refractivity contribution in [1.29, 1.82) is 0 Å². The maximum absolute atomic E-state index is 13.0. The highest BCUT2D eigenvalue weighted by molar-refractivity contribution is 5.78. The summed E-state index contributed by atoms with van der Waals surface area (Å²) in [6.07, 6.45) is 6.74. The van der Waals surface area contributed by atoms with E-state index in [1.165, 1.54) is 0 Å². The van der Waals surface area contributed by atoms with Gasteiger partial charge in [-0.05, 0) is 29.7 Å². The Morgan fingerprint density at radius 3 is 2.52 bits per heavy atom. The fraction of sp³-hybridized carbons (Fsp3) is 0.304. The SMILES string of the molecule is COc1ccc(CN(CCCn2ccnc2)C(=O)Cc2ccccc2)cc1OC. The molecule has 0 saturated carbocycles. The Morgan fingerprint density at radius 1 is 1.03 bits per heavy atom. The largest absolute Gasteiger partial charge is 0.493 e. The van der Waals surface area contributed by atoms with Gasteiger partial charge in [-0.15, -0.1) is 0 Å². The molecule has 6 heteroatoms. The molecule has 29 heavy (non-hydrogen) atoms. The van der Waals surface area contributed by atoms with Gasteiger partial charge in [0, 0.05) is 32.0 Å². The molecular formula is C23H27N3O3. The van der Waals surface area contributed by atoms with Crippen LogP contribution in [0.2, 0.25) is 0 Å². The highest BCUT2D eigenvalue weighted by Gasteiger charge is 2.16. The van der Waals surface area contributed by atoms with E-state index in [9.17, 15) is 4.79 Å². The van der Waals surface area contributed by atoms with E-state index in [0.717, 1.165) is 24.1 Å². The molecule has 1 heterocycles. The van der Waals surface area contributed by atoms with E-state index in [1.54, 1.807) is 26.7 Å². The lowest BCUT2D eigenvalue weighted by Gasteiger charge is -2.24. The minimum absolute atomic E-state index is 0.108. The second-order valence-corrected chi connectivity index (χ2v) is 6.82. The van der Waals surface area contributed by atoms with Gasteiger partial charge in [-0.1, -0.05) is 36.4 Å². The van der Waals surface area contributed by atoms with Crippen molar-refractivity contribution in [3.63, 3.8) is 0 Å². The molecule has 0 N–H and O–H groups in total. The number of imidazole rings is 1. The number of methoxy groups -OCH3 is 2. The van der Waals surface area contributed by atoms with Crippen LogP contribution in [-0.4, -0.2) is 41.1 Å². The first-order valence-electron chi connectivity index (χ1n) is 9.68. The van der Waals surface area contributed by atoms with Crippen molar-refractivity contribution in [2.45, 2.75) is 25.9 Å². The molecule has 0 aliphatic rings. The number of ether oxygens (including phenoxy) is 2. The second kappa shape index (κ2) is 10.3. The van der Waals surface area contributed by atoms with E-state index >= 15 is 0 Å². The lowest BCUT2D eigenvalue weighted by atomic mass is 10.1. The summed E-state index contributed by atoms with van der Waals surface area (Å²) in [5.74, 6) is 1.45. The van der Waals surface area contributed by atoms with Crippen LogP contribution in [0.15, 0.2) is 67.3 Å². The molecule has 3 rings (SSSR count). The smallest absolute Gasteiger partial charge is 0.227 e. The van der Waals surface area contributed by atoms with E-state index in [-0.39, 0.29) is 5.91 Å². The lowest BCUT2D eigenvalue weighted by Crippen LogP contribution is -2.33. The van der Waals surface area contributed by atoms with Gasteiger partial charge >= 0.3 is 0 Å². The summed E-state index contributed by atoms with van der Waals surface area (Å²) in [6, 6.07) is 15.6. The Kier molecular flexibility index (Phi) is 7.28. The van der Waals surface area contributed by atoms with Gasteiger partial charge in [0.1, 0.15) is 0 Å². The third kappa shape index (κ3) is 5.85. The van der Waals surface area contributed by atoms with Crippen LogP contribution in [0.3, 0.4) is 0 Å². The number of rotatable bonds is 10.